The summed E-state index contributed by atoms with van der Waals surface area (Å²) in [5, 5.41) is 22.4. The Morgan fingerprint density at radius 3 is 2.09 bits per heavy atom. The Hall–Kier alpha value is -9.24. The first-order chi connectivity index (χ1) is 37.5. The van der Waals surface area contributed by atoms with E-state index in [1.54, 1.807) is 53.7 Å². The second kappa shape index (κ2) is 21.2. The number of nitro groups is 1. The molecule has 1 aromatic heterocycles. The maximum absolute atomic E-state index is 16.8. The van der Waals surface area contributed by atoms with Gasteiger partial charge in [0.1, 0.15) is 29.9 Å². The second-order valence-electron chi connectivity index (χ2n) is 19.5. The van der Waals surface area contributed by atoms with Gasteiger partial charge in [0, 0.05) is 62.8 Å². The number of carbonyl (C=O) groups is 4. The van der Waals surface area contributed by atoms with E-state index in [1.807, 2.05) is 108 Å². The zero-order valence-corrected chi connectivity index (χ0v) is 41.9. The van der Waals surface area contributed by atoms with Crippen molar-refractivity contribution < 1.29 is 38.7 Å². The molecule has 1 N–H and O–H groups in total. The van der Waals surface area contributed by atoms with E-state index in [0.29, 0.717) is 54.4 Å². The number of benzene rings is 6. The van der Waals surface area contributed by atoms with Gasteiger partial charge in [-0.25, -0.2) is 19.7 Å². The molecule has 0 unspecified atom stereocenters. The number of piperazine rings is 1. The monoisotopic (exact) mass is 1030 g/mol. The number of non-ortho nitro benzene ring substituents is 1. The molecule has 0 radical (unpaired) electrons. The number of phenols is 1. The zero-order chi connectivity index (χ0) is 53.2. The van der Waals surface area contributed by atoms with Gasteiger partial charge in [-0.2, -0.15) is 0 Å². The SMILES string of the molecule is CN(CC#Cc1ccc2c(c1)[C@]1(C(=O)N2C(=O)OCc2ccc([N+](=O)[O-])cc2)[C@H](c2ccc(O)cc2)N2[C@H](c3ccccc3)[C@H](c3ccccc3)OC(=O)[C@H]2[C@@H]1C(=O)N1CCN(c2ncccn2)CC1)Cc1ccccc1. The largest absolute Gasteiger partial charge is 0.508 e. The van der Waals surface area contributed by atoms with E-state index in [-0.39, 0.29) is 42.4 Å². The number of aromatic nitrogens is 2. The highest BCUT2D eigenvalue weighted by Gasteiger charge is 2.76. The van der Waals surface area contributed by atoms with Crippen LogP contribution in [0.1, 0.15) is 57.1 Å². The van der Waals surface area contributed by atoms with Crippen LogP contribution in [0.3, 0.4) is 0 Å². The van der Waals surface area contributed by atoms with Crippen molar-refractivity contribution in [2.24, 2.45) is 5.92 Å². The number of aromatic hydroxyl groups is 1. The Labute approximate surface area is 444 Å². The van der Waals surface area contributed by atoms with Crippen LogP contribution in [0.4, 0.5) is 22.1 Å². The molecule has 3 fully saturated rings. The summed E-state index contributed by atoms with van der Waals surface area (Å²) < 4.78 is 12.6. The Morgan fingerprint density at radius 2 is 1.43 bits per heavy atom. The molecule has 17 heteroatoms. The number of hydrogen-bond acceptors (Lipinski definition) is 14. The van der Waals surface area contributed by atoms with Gasteiger partial charge in [0.25, 0.3) is 5.69 Å². The minimum absolute atomic E-state index is 0.0607. The normalized spacial score (nSPS) is 21.7. The lowest BCUT2D eigenvalue weighted by Gasteiger charge is -2.46. The van der Waals surface area contributed by atoms with E-state index >= 15 is 19.2 Å². The number of imide groups is 1. The first-order valence-corrected chi connectivity index (χ1v) is 25.3. The fourth-order valence-corrected chi connectivity index (χ4v) is 11.5. The van der Waals surface area contributed by atoms with Gasteiger partial charge in [-0.1, -0.05) is 115 Å². The number of carbonyl (C=O) groups excluding carboxylic acids is 4. The van der Waals surface area contributed by atoms with Gasteiger partial charge in [-0.15, -0.1) is 0 Å². The minimum atomic E-state index is -2.10. The first-order valence-electron chi connectivity index (χ1n) is 25.3. The first kappa shape index (κ1) is 49.9. The topological polar surface area (TPSA) is 192 Å². The molecule has 0 aliphatic carbocycles. The summed E-state index contributed by atoms with van der Waals surface area (Å²) in [5.74, 6) is 3.39. The number of rotatable bonds is 11. The van der Waals surface area contributed by atoms with Crippen molar-refractivity contribution in [2.75, 3.05) is 49.6 Å². The molecule has 17 nitrogen and oxygen atoms in total. The van der Waals surface area contributed by atoms with Crippen LogP contribution in [0.2, 0.25) is 0 Å². The van der Waals surface area contributed by atoms with Crippen molar-refractivity contribution in [3.05, 3.63) is 225 Å². The number of nitro benzene ring substituents is 1. The predicted octanol–water partition coefficient (Wildman–Crippen LogP) is 7.93. The highest BCUT2D eigenvalue weighted by molar-refractivity contribution is 6.23. The molecule has 0 bridgehead atoms. The van der Waals surface area contributed by atoms with Crippen molar-refractivity contribution in [3.63, 3.8) is 0 Å². The zero-order valence-electron chi connectivity index (χ0n) is 41.9. The molecule has 386 valence electrons. The average Bonchev–Trinajstić information content (AvgIpc) is 4.11. The number of nitrogens with zero attached hydrogens (tertiary/aromatic N) is 8. The molecular formula is C60H52N8O9. The molecule has 6 aromatic carbocycles. The number of hydrogen-bond donors (Lipinski definition) is 1. The standard InChI is InChI=1S/C60H52N8O9/c1-63(38-41-13-5-2-6-14-41)32-11-15-40-22-29-49-48(37-40)60(57(72)66(49)59(73)76-39-42-20-25-46(26-21-42)68(74)75)50(55(70)64-33-35-65(36-34-64)58-61-30-12-31-62-58)52-56(71)77-53(44-18-9-4-10-19-44)51(43-16-7-3-8-17-43)67(52)54(60)45-23-27-47(69)28-24-45/h2-10,12-14,16-31,37,50-54,69H,32-36,38-39H2,1H3/t50-,51-,52-,53+,54+,60-/m1/s1. The Bertz CT molecular complexity index is 3390. The average molecular weight is 1030 g/mol. The van der Waals surface area contributed by atoms with Crippen molar-refractivity contribution >= 4 is 41.2 Å². The third kappa shape index (κ3) is 9.38. The fourth-order valence-electron chi connectivity index (χ4n) is 11.5. The van der Waals surface area contributed by atoms with Crippen LogP contribution < -0.4 is 9.80 Å². The molecule has 3 amide bonds. The number of esters is 1. The smallest absolute Gasteiger partial charge is 0.421 e. The molecule has 4 aliphatic rings. The van der Waals surface area contributed by atoms with E-state index in [1.165, 1.54) is 36.4 Å². The summed E-state index contributed by atoms with van der Waals surface area (Å²) in [7, 11) is 1.96. The summed E-state index contributed by atoms with van der Waals surface area (Å²) in [5.41, 5.74) is 2.00. The molecular weight excluding hydrogens is 977 g/mol. The molecule has 1 spiro atoms. The van der Waals surface area contributed by atoms with Crippen LogP contribution in [-0.2, 0) is 42.4 Å². The molecule has 7 aromatic rings. The number of ether oxygens (including phenoxy) is 2. The summed E-state index contributed by atoms with van der Waals surface area (Å²) in [4.78, 5) is 92.2. The van der Waals surface area contributed by atoms with Gasteiger partial charge < -0.3 is 24.4 Å². The van der Waals surface area contributed by atoms with E-state index in [0.717, 1.165) is 16.0 Å². The predicted molar refractivity (Wildman–Crippen MR) is 284 cm³/mol. The number of morpholine rings is 1. The fraction of sp³-hybridized carbons (Fsp3) is 0.233. The summed E-state index contributed by atoms with van der Waals surface area (Å²) in [6.07, 6.45) is 1.27. The number of anilines is 2. The van der Waals surface area contributed by atoms with Gasteiger partial charge in [0.05, 0.1) is 35.2 Å². The van der Waals surface area contributed by atoms with Crippen LogP contribution in [0.15, 0.2) is 176 Å². The highest BCUT2D eigenvalue weighted by atomic mass is 16.6. The molecule has 0 saturated carbocycles. The molecule has 11 rings (SSSR count). The molecule has 77 heavy (non-hydrogen) atoms. The van der Waals surface area contributed by atoms with E-state index in [9.17, 15) is 15.2 Å². The van der Waals surface area contributed by atoms with Gasteiger partial charge in [-0.05, 0) is 89.0 Å². The molecule has 6 atom stereocenters. The summed E-state index contributed by atoms with van der Waals surface area (Å²) in [6, 6.07) is 44.0. The van der Waals surface area contributed by atoms with E-state index in [4.69, 9.17) is 9.47 Å². The third-order valence-electron chi connectivity index (χ3n) is 14.9. The number of fused-ring (bicyclic) bond motifs is 3. The highest BCUT2D eigenvalue weighted by Crippen LogP contribution is 2.66. The summed E-state index contributed by atoms with van der Waals surface area (Å²) >= 11 is 0. The third-order valence-corrected chi connectivity index (χ3v) is 14.9. The number of cyclic esters (lactones) is 1. The van der Waals surface area contributed by atoms with Gasteiger partial charge in [0.15, 0.2) is 0 Å². The van der Waals surface area contributed by atoms with Gasteiger partial charge in [-0.3, -0.25) is 34.3 Å². The van der Waals surface area contributed by atoms with Crippen LogP contribution in [0, 0.1) is 27.9 Å². The number of phenolic OH excluding ortho intramolecular Hbond substituents is 1. The van der Waals surface area contributed by atoms with Crippen molar-refractivity contribution in [1.82, 2.24) is 24.7 Å². The van der Waals surface area contributed by atoms with E-state index < -0.39 is 64.4 Å². The van der Waals surface area contributed by atoms with Crippen molar-refractivity contribution in [1.29, 1.82) is 0 Å². The second-order valence-corrected chi connectivity index (χ2v) is 19.5. The van der Waals surface area contributed by atoms with Gasteiger partial charge in [0.2, 0.25) is 17.8 Å². The quantitative estimate of drug-likeness (QED) is 0.0569. The van der Waals surface area contributed by atoms with Crippen molar-refractivity contribution in [2.45, 2.75) is 42.8 Å². The van der Waals surface area contributed by atoms with Gasteiger partial charge >= 0.3 is 12.1 Å². The molecule has 3 saturated heterocycles. The van der Waals surface area contributed by atoms with Crippen LogP contribution >= 0.6 is 0 Å². The van der Waals surface area contributed by atoms with Crippen LogP contribution in [0.25, 0.3) is 0 Å². The van der Waals surface area contributed by atoms with Crippen molar-refractivity contribution in [3.8, 4) is 17.6 Å². The number of amides is 3. The van der Waals surface area contributed by atoms with E-state index in [2.05, 4.69) is 26.7 Å². The molecule has 5 heterocycles. The lowest BCUT2D eigenvalue weighted by atomic mass is 9.65. The maximum Gasteiger partial charge on any atom is 0.421 e. The summed E-state index contributed by atoms with van der Waals surface area (Å²) in [6.45, 7) is 1.67. The van der Waals surface area contributed by atoms with Crippen LogP contribution in [0.5, 0.6) is 5.75 Å². The Morgan fingerprint density at radius 1 is 0.779 bits per heavy atom. The Kier molecular flexibility index (Phi) is 13.7. The molecule has 4 aliphatic heterocycles. The van der Waals surface area contributed by atoms with Crippen LogP contribution in [-0.4, -0.2) is 104 Å². The lowest BCUT2D eigenvalue weighted by Crippen LogP contribution is -2.59. The maximum atomic E-state index is 16.8. The lowest BCUT2D eigenvalue weighted by molar-refractivity contribution is -0.384. The minimum Gasteiger partial charge on any atom is -0.508 e. The Balaban J connectivity index is 1.11.